The molecule has 13 heavy (non-hydrogen) atoms. The third-order valence-corrected chi connectivity index (χ3v) is 1.83. The van der Waals surface area contributed by atoms with Crippen molar-refractivity contribution in [2.75, 3.05) is 6.61 Å². The lowest BCUT2D eigenvalue weighted by atomic mass is 10.1. The van der Waals surface area contributed by atoms with E-state index in [2.05, 4.69) is 12.4 Å². The van der Waals surface area contributed by atoms with Gasteiger partial charge in [0.25, 0.3) is 0 Å². The minimum Gasteiger partial charge on any atom is -0.469 e. The number of hydroxylamine groups is 1. The van der Waals surface area contributed by atoms with E-state index in [4.69, 9.17) is 9.25 Å². The molecule has 0 fully saturated rings. The number of rotatable bonds is 6. The predicted molar refractivity (Wildman–Crippen MR) is 51.3 cm³/mol. The van der Waals surface area contributed by atoms with Crippen LogP contribution in [-0.2, 0) is 11.3 Å². The SMILES string of the molecule is CCONC(C)CCc1ccco1. The van der Waals surface area contributed by atoms with E-state index in [1.54, 1.807) is 6.26 Å². The van der Waals surface area contributed by atoms with Gasteiger partial charge < -0.3 is 9.25 Å². The number of hydrogen-bond donors (Lipinski definition) is 1. The van der Waals surface area contributed by atoms with Crippen LogP contribution < -0.4 is 5.48 Å². The molecule has 1 atom stereocenters. The molecular formula is C10H17NO2. The molecule has 1 aromatic rings. The summed E-state index contributed by atoms with van der Waals surface area (Å²) in [6, 6.07) is 4.27. The van der Waals surface area contributed by atoms with Gasteiger partial charge in [0.1, 0.15) is 5.76 Å². The van der Waals surface area contributed by atoms with E-state index in [1.807, 2.05) is 19.1 Å². The number of hydrogen-bond acceptors (Lipinski definition) is 3. The zero-order valence-corrected chi connectivity index (χ0v) is 8.25. The van der Waals surface area contributed by atoms with Crippen molar-refractivity contribution in [2.24, 2.45) is 0 Å². The van der Waals surface area contributed by atoms with Gasteiger partial charge in [0, 0.05) is 12.5 Å². The molecule has 0 aliphatic rings. The van der Waals surface area contributed by atoms with Crippen molar-refractivity contribution < 1.29 is 9.25 Å². The monoisotopic (exact) mass is 183 g/mol. The number of nitrogens with one attached hydrogen (secondary N) is 1. The molecule has 0 saturated heterocycles. The minimum atomic E-state index is 0.366. The molecule has 0 saturated carbocycles. The summed E-state index contributed by atoms with van der Waals surface area (Å²) in [4.78, 5) is 5.08. The third-order valence-electron chi connectivity index (χ3n) is 1.83. The van der Waals surface area contributed by atoms with Crippen LogP contribution in [0.2, 0.25) is 0 Å². The van der Waals surface area contributed by atoms with Crippen LogP contribution in [0.5, 0.6) is 0 Å². The highest BCUT2D eigenvalue weighted by molar-refractivity contribution is 4.98. The van der Waals surface area contributed by atoms with Crippen molar-refractivity contribution >= 4 is 0 Å². The predicted octanol–water partition coefficient (Wildman–Crippen LogP) is 2.14. The molecule has 0 aliphatic heterocycles. The first-order valence-electron chi connectivity index (χ1n) is 4.72. The molecular weight excluding hydrogens is 166 g/mol. The van der Waals surface area contributed by atoms with Crippen LogP contribution in [0, 0.1) is 0 Å². The zero-order valence-electron chi connectivity index (χ0n) is 8.25. The molecule has 1 aromatic heterocycles. The standard InChI is InChI=1S/C10H17NO2/c1-3-13-11-9(2)6-7-10-5-4-8-12-10/h4-5,8-9,11H,3,6-7H2,1-2H3. The van der Waals surface area contributed by atoms with Crippen molar-refractivity contribution in [3.63, 3.8) is 0 Å². The van der Waals surface area contributed by atoms with Crippen molar-refractivity contribution in [3.05, 3.63) is 24.2 Å². The molecule has 1 rings (SSSR count). The summed E-state index contributed by atoms with van der Waals surface area (Å²) >= 11 is 0. The van der Waals surface area contributed by atoms with Crippen molar-refractivity contribution in [3.8, 4) is 0 Å². The highest BCUT2D eigenvalue weighted by Gasteiger charge is 2.02. The van der Waals surface area contributed by atoms with Crippen LogP contribution in [0.3, 0.4) is 0 Å². The summed E-state index contributed by atoms with van der Waals surface area (Å²) in [6.45, 7) is 4.76. The molecule has 74 valence electrons. The Bertz CT molecular complexity index is 209. The Morgan fingerprint density at radius 2 is 2.46 bits per heavy atom. The van der Waals surface area contributed by atoms with Crippen LogP contribution in [0.4, 0.5) is 0 Å². The first kappa shape index (κ1) is 10.3. The molecule has 0 bridgehead atoms. The first-order valence-corrected chi connectivity index (χ1v) is 4.72. The lowest BCUT2D eigenvalue weighted by Crippen LogP contribution is -2.26. The lowest BCUT2D eigenvalue weighted by molar-refractivity contribution is 0.0268. The number of furan rings is 1. The van der Waals surface area contributed by atoms with Gasteiger partial charge in [-0.2, -0.15) is 5.48 Å². The molecule has 1 unspecified atom stereocenters. The maximum absolute atomic E-state index is 5.22. The van der Waals surface area contributed by atoms with Crippen LogP contribution >= 0.6 is 0 Å². The largest absolute Gasteiger partial charge is 0.469 e. The molecule has 0 aliphatic carbocycles. The molecule has 1 heterocycles. The van der Waals surface area contributed by atoms with E-state index in [0.717, 1.165) is 18.6 Å². The summed E-state index contributed by atoms with van der Waals surface area (Å²) in [7, 11) is 0. The average Bonchev–Trinajstić information content (AvgIpc) is 2.64. The Morgan fingerprint density at radius 1 is 1.62 bits per heavy atom. The molecule has 3 nitrogen and oxygen atoms in total. The Labute approximate surface area is 79.0 Å². The summed E-state index contributed by atoms with van der Waals surface area (Å²) in [6.07, 6.45) is 3.68. The normalized spacial score (nSPS) is 13.1. The van der Waals surface area contributed by atoms with Gasteiger partial charge in [0.2, 0.25) is 0 Å². The zero-order chi connectivity index (χ0) is 9.52. The Hall–Kier alpha value is -0.800. The Kier molecular flexibility index (Phi) is 4.57. The van der Waals surface area contributed by atoms with Gasteiger partial charge in [0.15, 0.2) is 0 Å². The van der Waals surface area contributed by atoms with Crippen molar-refractivity contribution in [1.82, 2.24) is 5.48 Å². The Morgan fingerprint density at radius 3 is 3.08 bits per heavy atom. The number of aryl methyl sites for hydroxylation is 1. The second kappa shape index (κ2) is 5.78. The second-order valence-electron chi connectivity index (χ2n) is 3.07. The maximum atomic E-state index is 5.22. The fourth-order valence-corrected chi connectivity index (χ4v) is 1.10. The van der Waals surface area contributed by atoms with E-state index in [-0.39, 0.29) is 0 Å². The summed E-state index contributed by atoms with van der Waals surface area (Å²) in [5.74, 6) is 1.03. The second-order valence-corrected chi connectivity index (χ2v) is 3.07. The first-order chi connectivity index (χ1) is 6.33. The molecule has 0 radical (unpaired) electrons. The highest BCUT2D eigenvalue weighted by atomic mass is 16.6. The van der Waals surface area contributed by atoms with Gasteiger partial charge in [-0.15, -0.1) is 0 Å². The molecule has 0 spiro atoms. The fraction of sp³-hybridized carbons (Fsp3) is 0.600. The van der Waals surface area contributed by atoms with Crippen LogP contribution in [-0.4, -0.2) is 12.6 Å². The van der Waals surface area contributed by atoms with Gasteiger partial charge in [-0.05, 0) is 32.4 Å². The van der Waals surface area contributed by atoms with Gasteiger partial charge >= 0.3 is 0 Å². The lowest BCUT2D eigenvalue weighted by Gasteiger charge is -2.11. The van der Waals surface area contributed by atoms with Gasteiger partial charge in [-0.1, -0.05) is 0 Å². The smallest absolute Gasteiger partial charge is 0.103 e. The topological polar surface area (TPSA) is 34.4 Å². The average molecular weight is 183 g/mol. The van der Waals surface area contributed by atoms with E-state index >= 15 is 0 Å². The highest BCUT2D eigenvalue weighted by Crippen LogP contribution is 2.05. The summed E-state index contributed by atoms with van der Waals surface area (Å²) < 4.78 is 5.22. The summed E-state index contributed by atoms with van der Waals surface area (Å²) in [5.41, 5.74) is 2.95. The molecule has 1 N–H and O–H groups in total. The van der Waals surface area contributed by atoms with E-state index in [1.165, 1.54) is 0 Å². The summed E-state index contributed by atoms with van der Waals surface area (Å²) in [5, 5.41) is 0. The molecule has 0 amide bonds. The van der Waals surface area contributed by atoms with Gasteiger partial charge in [0.05, 0.1) is 12.9 Å². The van der Waals surface area contributed by atoms with E-state index < -0.39 is 0 Å². The van der Waals surface area contributed by atoms with Crippen molar-refractivity contribution in [1.29, 1.82) is 0 Å². The van der Waals surface area contributed by atoms with Gasteiger partial charge in [-0.3, -0.25) is 0 Å². The van der Waals surface area contributed by atoms with Crippen LogP contribution in [0.15, 0.2) is 22.8 Å². The van der Waals surface area contributed by atoms with Crippen LogP contribution in [0.1, 0.15) is 26.0 Å². The van der Waals surface area contributed by atoms with E-state index in [9.17, 15) is 0 Å². The molecule has 0 aromatic carbocycles. The minimum absolute atomic E-state index is 0.366. The quantitative estimate of drug-likeness (QED) is 0.686. The van der Waals surface area contributed by atoms with Crippen molar-refractivity contribution in [2.45, 2.75) is 32.7 Å². The molecule has 3 heteroatoms. The fourth-order valence-electron chi connectivity index (χ4n) is 1.10. The van der Waals surface area contributed by atoms with Gasteiger partial charge in [-0.25, -0.2) is 0 Å². The third kappa shape index (κ3) is 4.10. The van der Waals surface area contributed by atoms with E-state index in [0.29, 0.717) is 12.6 Å². The maximum Gasteiger partial charge on any atom is 0.103 e. The Balaban J connectivity index is 2.11. The van der Waals surface area contributed by atoms with Crippen LogP contribution in [0.25, 0.3) is 0 Å².